The number of carboxylic acid groups (broad SMARTS) is 1. The van der Waals surface area contributed by atoms with Gasteiger partial charge in [0.25, 0.3) is 0 Å². The largest absolute Gasteiger partial charge is 0.480 e. The normalized spacial score (nSPS) is 14.2. The molecule has 0 saturated heterocycles. The number of allylic oxidation sites excluding steroid dienone is 8. The van der Waals surface area contributed by atoms with Crippen molar-refractivity contribution in [3.63, 3.8) is 0 Å². The molecule has 0 heterocycles. The Bertz CT molecular complexity index is 1150. The third kappa shape index (κ3) is 40.0. The summed E-state index contributed by atoms with van der Waals surface area (Å²) in [5.74, 6) is -2.43. The van der Waals surface area contributed by atoms with Crippen LogP contribution in [-0.4, -0.2) is 59.9 Å². The number of carboxylic acids is 1. The maximum Gasteiger partial charge on any atom is 0.472 e. The molecule has 0 bridgehead atoms. The predicted octanol–water partition coefficient (Wildman–Crippen LogP) is 11.8. The van der Waals surface area contributed by atoms with E-state index in [1.807, 2.05) is 0 Å². The molecule has 0 aliphatic heterocycles. The lowest BCUT2D eigenvalue weighted by atomic mass is 10.0. The van der Waals surface area contributed by atoms with Gasteiger partial charge in [0, 0.05) is 12.8 Å². The minimum atomic E-state index is -4.72. The fourth-order valence-corrected chi connectivity index (χ4v) is 6.66. The van der Waals surface area contributed by atoms with Crippen molar-refractivity contribution in [2.75, 3.05) is 19.8 Å². The van der Waals surface area contributed by atoms with E-state index in [0.717, 1.165) is 57.8 Å². The highest BCUT2D eigenvalue weighted by atomic mass is 31.2. The molecule has 0 fully saturated rings. The summed E-state index contributed by atoms with van der Waals surface area (Å²) in [4.78, 5) is 46.0. The molecule has 0 saturated carbocycles. The molecule has 57 heavy (non-hydrogen) atoms. The molecule has 12 heteroatoms. The number of hydrogen-bond acceptors (Lipinski definition) is 9. The van der Waals surface area contributed by atoms with E-state index in [1.54, 1.807) is 0 Å². The van der Waals surface area contributed by atoms with Gasteiger partial charge in [-0.1, -0.05) is 172 Å². The third-order valence-corrected chi connectivity index (χ3v) is 10.3. The van der Waals surface area contributed by atoms with Crippen molar-refractivity contribution in [2.24, 2.45) is 5.73 Å². The monoisotopic (exact) mass is 826 g/mol. The fourth-order valence-electron chi connectivity index (χ4n) is 5.88. The van der Waals surface area contributed by atoms with E-state index in [1.165, 1.54) is 89.9 Å². The maximum absolute atomic E-state index is 12.6. The van der Waals surface area contributed by atoms with Gasteiger partial charge >= 0.3 is 25.7 Å². The molecular weight excluding hydrogens is 745 g/mol. The molecule has 0 amide bonds. The van der Waals surface area contributed by atoms with Gasteiger partial charge in [-0.05, 0) is 51.4 Å². The summed E-state index contributed by atoms with van der Waals surface area (Å²) in [6, 6.07) is -1.53. The van der Waals surface area contributed by atoms with E-state index in [4.69, 9.17) is 24.8 Å². The van der Waals surface area contributed by atoms with Crippen molar-refractivity contribution in [2.45, 2.75) is 199 Å². The quantitative estimate of drug-likeness (QED) is 0.0232. The summed E-state index contributed by atoms with van der Waals surface area (Å²) in [6.45, 7) is 2.66. The van der Waals surface area contributed by atoms with Crippen LogP contribution < -0.4 is 5.73 Å². The summed E-state index contributed by atoms with van der Waals surface area (Å²) >= 11 is 0. The van der Waals surface area contributed by atoms with E-state index < -0.39 is 51.1 Å². The average molecular weight is 826 g/mol. The van der Waals surface area contributed by atoms with Crippen molar-refractivity contribution in [3.05, 3.63) is 48.6 Å². The first-order valence-corrected chi connectivity index (χ1v) is 23.7. The lowest BCUT2D eigenvalue weighted by Crippen LogP contribution is -2.34. The van der Waals surface area contributed by atoms with Gasteiger partial charge in [-0.3, -0.25) is 23.4 Å². The van der Waals surface area contributed by atoms with Crippen molar-refractivity contribution >= 4 is 25.7 Å². The topological polar surface area (TPSA) is 172 Å². The molecule has 0 spiro atoms. The SMILES string of the molecule is CC/C=C\C/C=C\C/C=C\C/C=C\CCCCC(=O)OC[C@H](COP(=O)(O)OC[C@H](N)C(=O)O)OC(=O)CCCCCCCCCCCCCCCCCCCC. The zero-order chi connectivity index (χ0) is 42.1. The Morgan fingerprint density at radius 3 is 1.47 bits per heavy atom. The molecule has 11 nitrogen and oxygen atoms in total. The van der Waals surface area contributed by atoms with Crippen LogP contribution in [0.1, 0.15) is 187 Å². The molecule has 0 radical (unpaired) electrons. The highest BCUT2D eigenvalue weighted by Gasteiger charge is 2.28. The Morgan fingerprint density at radius 2 is 0.982 bits per heavy atom. The number of hydrogen-bond donors (Lipinski definition) is 3. The van der Waals surface area contributed by atoms with Crippen molar-refractivity contribution in [3.8, 4) is 0 Å². The number of ether oxygens (including phenoxy) is 2. The summed E-state index contributed by atoms with van der Waals surface area (Å²) < 4.78 is 32.7. The van der Waals surface area contributed by atoms with E-state index >= 15 is 0 Å². The second kappa shape index (κ2) is 40.2. The highest BCUT2D eigenvalue weighted by molar-refractivity contribution is 7.47. The van der Waals surface area contributed by atoms with Gasteiger partial charge in [-0.15, -0.1) is 0 Å². The summed E-state index contributed by atoms with van der Waals surface area (Å²) in [7, 11) is -4.72. The predicted molar refractivity (Wildman–Crippen MR) is 231 cm³/mol. The van der Waals surface area contributed by atoms with Crippen molar-refractivity contribution in [1.29, 1.82) is 0 Å². The Morgan fingerprint density at radius 1 is 0.561 bits per heavy atom. The Labute approximate surface area is 345 Å². The third-order valence-electron chi connectivity index (χ3n) is 9.34. The van der Waals surface area contributed by atoms with Gasteiger partial charge in [0.15, 0.2) is 6.10 Å². The molecule has 0 rings (SSSR count). The number of unbranched alkanes of at least 4 members (excludes halogenated alkanes) is 19. The van der Waals surface area contributed by atoms with Crippen LogP contribution in [0, 0.1) is 0 Å². The van der Waals surface area contributed by atoms with Crippen LogP contribution in [0.3, 0.4) is 0 Å². The van der Waals surface area contributed by atoms with Gasteiger partial charge in [-0.2, -0.15) is 0 Å². The lowest BCUT2D eigenvalue weighted by Gasteiger charge is -2.20. The lowest BCUT2D eigenvalue weighted by molar-refractivity contribution is -0.161. The van der Waals surface area contributed by atoms with Gasteiger partial charge in [-0.25, -0.2) is 4.57 Å². The van der Waals surface area contributed by atoms with Crippen molar-refractivity contribution in [1.82, 2.24) is 0 Å². The van der Waals surface area contributed by atoms with Crippen LogP contribution in [0.25, 0.3) is 0 Å². The summed E-state index contributed by atoms with van der Waals surface area (Å²) in [5.41, 5.74) is 5.33. The maximum atomic E-state index is 12.6. The first-order valence-electron chi connectivity index (χ1n) is 22.2. The number of rotatable bonds is 41. The summed E-state index contributed by atoms with van der Waals surface area (Å²) in [5, 5.41) is 8.89. The molecular formula is C45H80NO10P. The van der Waals surface area contributed by atoms with Crippen LogP contribution in [0.15, 0.2) is 48.6 Å². The number of phosphoric acid groups is 1. The molecule has 0 aromatic carbocycles. The second-order valence-electron chi connectivity index (χ2n) is 14.8. The zero-order valence-electron chi connectivity index (χ0n) is 35.7. The fraction of sp³-hybridized carbons (Fsp3) is 0.756. The molecule has 4 N–H and O–H groups in total. The van der Waals surface area contributed by atoms with Gasteiger partial charge < -0.3 is 25.2 Å². The molecule has 3 atom stereocenters. The number of phosphoric ester groups is 1. The molecule has 0 aromatic rings. The summed E-state index contributed by atoms with van der Waals surface area (Å²) in [6.07, 6.45) is 44.7. The van der Waals surface area contributed by atoms with Crippen molar-refractivity contribution < 1.29 is 47.5 Å². The number of carbonyl (C=O) groups excluding carboxylic acids is 2. The van der Waals surface area contributed by atoms with Crippen LogP contribution in [-0.2, 0) is 37.5 Å². The standard InChI is InChI=1S/C45H80NO10P/c1-3-5-7-9-11-13-15-17-19-20-21-23-25-27-29-31-33-35-37-44(48)56-41(39-54-57(51,52)55-40-42(46)45(49)50)38-53-43(47)36-34-32-30-28-26-24-22-18-16-14-12-10-8-6-4-2/h6,8,12,14,18,22,26,28,41-42H,3-5,7,9-11,13,15-17,19-21,23-25,27,29-40,46H2,1-2H3,(H,49,50)(H,51,52)/b8-6-,14-12-,22-18-,28-26-/t41-,42+/m1/s1. The highest BCUT2D eigenvalue weighted by Crippen LogP contribution is 2.43. The second-order valence-corrected chi connectivity index (χ2v) is 16.3. The minimum Gasteiger partial charge on any atom is -0.480 e. The van der Waals surface area contributed by atoms with Gasteiger partial charge in [0.05, 0.1) is 13.2 Å². The molecule has 0 aromatic heterocycles. The van der Waals surface area contributed by atoms with Gasteiger partial charge in [0.1, 0.15) is 12.6 Å². The van der Waals surface area contributed by atoms with E-state index in [0.29, 0.717) is 12.8 Å². The van der Waals surface area contributed by atoms with E-state index in [9.17, 15) is 23.8 Å². The van der Waals surface area contributed by atoms with E-state index in [2.05, 4.69) is 67.0 Å². The molecule has 0 aliphatic carbocycles. The number of esters is 2. The first kappa shape index (κ1) is 54.4. The Hall–Kier alpha value is -2.56. The number of carbonyl (C=O) groups is 3. The molecule has 1 unspecified atom stereocenters. The average Bonchev–Trinajstić information content (AvgIpc) is 3.19. The minimum absolute atomic E-state index is 0.154. The van der Waals surface area contributed by atoms with Crippen LogP contribution in [0.4, 0.5) is 0 Å². The molecule has 0 aliphatic rings. The number of nitrogens with two attached hydrogens (primary N) is 1. The van der Waals surface area contributed by atoms with Gasteiger partial charge in [0.2, 0.25) is 0 Å². The Balaban J connectivity index is 4.38. The Kier molecular flexibility index (Phi) is 38.4. The first-order chi connectivity index (χ1) is 27.6. The zero-order valence-corrected chi connectivity index (χ0v) is 36.6. The van der Waals surface area contributed by atoms with Crippen LogP contribution in [0.2, 0.25) is 0 Å². The smallest absolute Gasteiger partial charge is 0.472 e. The van der Waals surface area contributed by atoms with Crippen LogP contribution in [0.5, 0.6) is 0 Å². The van der Waals surface area contributed by atoms with E-state index in [-0.39, 0.29) is 19.4 Å². The molecule has 330 valence electrons. The van der Waals surface area contributed by atoms with Crippen LogP contribution >= 0.6 is 7.82 Å². The number of aliphatic carboxylic acids is 1.